The molecule has 0 aliphatic carbocycles. The topological polar surface area (TPSA) is 25.2 Å². The molecule has 0 aromatic carbocycles. The van der Waals surface area contributed by atoms with Crippen LogP contribution in [-0.2, 0) is 0 Å². The molecule has 0 bridgehead atoms. The van der Waals surface area contributed by atoms with Gasteiger partial charge in [-0.2, -0.15) is 4.99 Å². The van der Waals surface area contributed by atoms with Gasteiger partial charge in [0.05, 0.1) is 5.16 Å². The first-order chi connectivity index (χ1) is 5.24. The smallest absolute Gasteiger partial charge is 0.162 e. The van der Waals surface area contributed by atoms with Gasteiger partial charge in [-0.1, -0.05) is 6.07 Å². The zero-order chi connectivity index (χ0) is 8.27. The number of aryl methyl sites for hydroxylation is 2. The minimum atomic E-state index is 0.628. The van der Waals surface area contributed by atoms with Crippen LogP contribution >= 0.6 is 12.2 Å². The van der Waals surface area contributed by atoms with Crippen LogP contribution in [0.4, 0.5) is 5.82 Å². The lowest BCUT2D eigenvalue weighted by molar-refractivity contribution is 1.14. The summed E-state index contributed by atoms with van der Waals surface area (Å²) < 4.78 is 0. The van der Waals surface area contributed by atoms with E-state index >= 15 is 0 Å². The highest BCUT2D eigenvalue weighted by molar-refractivity contribution is 7.78. The summed E-state index contributed by atoms with van der Waals surface area (Å²) in [5, 5.41) is 2.28. The third kappa shape index (κ3) is 1.93. The van der Waals surface area contributed by atoms with E-state index in [-0.39, 0.29) is 0 Å². The molecule has 0 aliphatic rings. The third-order valence-electron chi connectivity index (χ3n) is 1.50. The van der Waals surface area contributed by atoms with E-state index in [4.69, 9.17) is 0 Å². The summed E-state index contributed by atoms with van der Waals surface area (Å²) in [6.07, 6.45) is 0. The second-order valence-electron chi connectivity index (χ2n) is 2.27. The van der Waals surface area contributed by atoms with E-state index in [1.54, 1.807) is 0 Å². The van der Waals surface area contributed by atoms with Gasteiger partial charge in [-0.15, -0.1) is 0 Å². The Bertz CT molecular complexity index is 314. The number of aromatic nitrogens is 1. The number of hydrogen-bond acceptors (Lipinski definition) is 3. The molecule has 0 aliphatic heterocycles. The monoisotopic (exact) mass is 164 g/mol. The second kappa shape index (κ2) is 3.37. The van der Waals surface area contributed by atoms with Gasteiger partial charge >= 0.3 is 0 Å². The van der Waals surface area contributed by atoms with E-state index in [1.165, 1.54) is 0 Å². The Morgan fingerprint density at radius 2 is 2.18 bits per heavy atom. The van der Waals surface area contributed by atoms with E-state index in [0.29, 0.717) is 5.82 Å². The fraction of sp³-hybridized carbons (Fsp3) is 0.250. The molecule has 1 aromatic rings. The lowest BCUT2D eigenvalue weighted by Gasteiger charge is -1.97. The number of aliphatic imine (C=N–C) groups is 1. The summed E-state index contributed by atoms with van der Waals surface area (Å²) in [6.45, 7) is 3.95. The summed E-state index contributed by atoms with van der Waals surface area (Å²) in [6, 6.07) is 3.79. The molecule has 1 rings (SSSR count). The number of nitrogens with zero attached hydrogens (tertiary/aromatic N) is 2. The molecule has 1 aromatic heterocycles. The average Bonchev–Trinajstić information content (AvgIpc) is 1.98. The average molecular weight is 164 g/mol. The standard InChI is InChI=1S/C8H8N2S/c1-6-3-4-8(9-5-11)10-7(6)2/h3-4H,1-2H3. The van der Waals surface area contributed by atoms with E-state index in [9.17, 15) is 0 Å². The Morgan fingerprint density at radius 1 is 1.45 bits per heavy atom. The number of isothiocyanates is 1. The summed E-state index contributed by atoms with van der Waals surface area (Å²) in [5.41, 5.74) is 2.14. The number of hydrogen-bond donors (Lipinski definition) is 0. The van der Waals surface area contributed by atoms with Gasteiger partial charge in [-0.25, -0.2) is 4.98 Å². The highest BCUT2D eigenvalue weighted by Gasteiger charge is 1.93. The Labute approximate surface area is 71.0 Å². The van der Waals surface area contributed by atoms with Crippen molar-refractivity contribution in [2.75, 3.05) is 0 Å². The Hall–Kier alpha value is -1.05. The van der Waals surface area contributed by atoms with Crippen LogP contribution in [0, 0.1) is 13.8 Å². The molecule has 2 nitrogen and oxygen atoms in total. The first-order valence-corrected chi connectivity index (χ1v) is 3.67. The van der Waals surface area contributed by atoms with Crippen LogP contribution in [0.25, 0.3) is 0 Å². The largest absolute Gasteiger partial charge is 0.233 e. The van der Waals surface area contributed by atoms with Crippen molar-refractivity contribution in [3.63, 3.8) is 0 Å². The summed E-state index contributed by atoms with van der Waals surface area (Å²) >= 11 is 4.45. The van der Waals surface area contributed by atoms with Crippen LogP contribution in [0.2, 0.25) is 0 Å². The molecule has 0 N–H and O–H groups in total. The van der Waals surface area contributed by atoms with Crippen molar-refractivity contribution >= 4 is 23.2 Å². The van der Waals surface area contributed by atoms with Crippen LogP contribution in [-0.4, -0.2) is 10.1 Å². The maximum atomic E-state index is 4.45. The normalized spacial score (nSPS) is 8.91. The minimum absolute atomic E-state index is 0.628. The fourth-order valence-electron chi connectivity index (χ4n) is 0.726. The molecule has 56 valence electrons. The van der Waals surface area contributed by atoms with Crippen molar-refractivity contribution in [3.8, 4) is 0 Å². The molecule has 0 spiro atoms. The quantitative estimate of drug-likeness (QED) is 0.470. The van der Waals surface area contributed by atoms with Gasteiger partial charge in [0.2, 0.25) is 0 Å². The van der Waals surface area contributed by atoms with Crippen molar-refractivity contribution in [1.82, 2.24) is 4.98 Å². The van der Waals surface area contributed by atoms with Crippen LogP contribution < -0.4 is 0 Å². The van der Waals surface area contributed by atoms with E-state index < -0.39 is 0 Å². The minimum Gasteiger partial charge on any atom is -0.233 e. The van der Waals surface area contributed by atoms with Crippen LogP contribution in [0.3, 0.4) is 0 Å². The number of rotatable bonds is 1. The van der Waals surface area contributed by atoms with Crippen molar-refractivity contribution < 1.29 is 0 Å². The molecule has 0 saturated carbocycles. The third-order valence-corrected chi connectivity index (χ3v) is 1.59. The Kier molecular flexibility index (Phi) is 2.47. The SMILES string of the molecule is Cc1ccc(N=C=S)nc1C. The van der Waals surface area contributed by atoms with Gasteiger partial charge in [0, 0.05) is 5.69 Å². The van der Waals surface area contributed by atoms with Crippen molar-refractivity contribution in [2.45, 2.75) is 13.8 Å². The predicted molar refractivity (Wildman–Crippen MR) is 48.4 cm³/mol. The fourth-order valence-corrected chi connectivity index (χ4v) is 0.820. The zero-order valence-corrected chi connectivity index (χ0v) is 7.27. The van der Waals surface area contributed by atoms with Crippen molar-refractivity contribution in [1.29, 1.82) is 0 Å². The molecule has 0 fully saturated rings. The van der Waals surface area contributed by atoms with Crippen LogP contribution in [0.1, 0.15) is 11.3 Å². The zero-order valence-electron chi connectivity index (χ0n) is 6.46. The first kappa shape index (κ1) is 8.05. The summed E-state index contributed by atoms with van der Waals surface area (Å²) in [4.78, 5) is 7.93. The van der Waals surface area contributed by atoms with Gasteiger partial charge < -0.3 is 0 Å². The predicted octanol–water partition coefficient (Wildman–Crippen LogP) is 2.43. The Balaban J connectivity index is 3.14. The molecular weight excluding hydrogens is 156 g/mol. The molecule has 3 heteroatoms. The molecule has 11 heavy (non-hydrogen) atoms. The van der Waals surface area contributed by atoms with E-state index in [0.717, 1.165) is 11.3 Å². The van der Waals surface area contributed by atoms with E-state index in [2.05, 4.69) is 27.4 Å². The molecule has 0 saturated heterocycles. The van der Waals surface area contributed by atoms with Crippen LogP contribution in [0.15, 0.2) is 17.1 Å². The lowest BCUT2D eigenvalue weighted by Crippen LogP contribution is -1.84. The molecule has 0 radical (unpaired) electrons. The van der Waals surface area contributed by atoms with Gasteiger partial charge in [0.25, 0.3) is 0 Å². The highest BCUT2D eigenvalue weighted by atomic mass is 32.1. The molecule has 0 unspecified atom stereocenters. The molecular formula is C8H8N2S. The highest BCUT2D eigenvalue weighted by Crippen LogP contribution is 2.10. The molecule has 1 heterocycles. The van der Waals surface area contributed by atoms with Gasteiger partial charge in [-0.3, -0.25) is 0 Å². The number of thiocarbonyl (C=S) groups is 1. The number of pyridine rings is 1. The first-order valence-electron chi connectivity index (χ1n) is 3.26. The summed E-state index contributed by atoms with van der Waals surface area (Å²) in [5.74, 6) is 0.628. The van der Waals surface area contributed by atoms with Gasteiger partial charge in [0.15, 0.2) is 5.82 Å². The maximum absolute atomic E-state index is 4.45. The molecule has 0 amide bonds. The van der Waals surface area contributed by atoms with Crippen molar-refractivity contribution in [2.24, 2.45) is 4.99 Å². The van der Waals surface area contributed by atoms with Crippen molar-refractivity contribution in [3.05, 3.63) is 23.4 Å². The Morgan fingerprint density at radius 3 is 2.73 bits per heavy atom. The maximum Gasteiger partial charge on any atom is 0.162 e. The van der Waals surface area contributed by atoms with Crippen LogP contribution in [0.5, 0.6) is 0 Å². The van der Waals surface area contributed by atoms with E-state index in [1.807, 2.05) is 26.0 Å². The molecule has 0 atom stereocenters. The lowest BCUT2D eigenvalue weighted by atomic mass is 10.2. The van der Waals surface area contributed by atoms with Gasteiger partial charge in [0.1, 0.15) is 0 Å². The van der Waals surface area contributed by atoms with Gasteiger partial charge in [-0.05, 0) is 37.7 Å². The second-order valence-corrected chi connectivity index (χ2v) is 2.46. The summed E-state index contributed by atoms with van der Waals surface area (Å²) in [7, 11) is 0.